The number of hydrazine groups is 1. The van der Waals surface area contributed by atoms with Crippen LogP contribution in [0.15, 0.2) is 97.6 Å². The third-order valence-electron chi connectivity index (χ3n) is 10.5. The standard InChI is InChI=1S/C40H35FN10O5/c41-25-5-10-29(11-6-25)56-28-8-3-24(4-9-28)35-34-36(42)43-22-44-37(34)51(46-35)26-15-19-48(20-16-26)49-18-2-1-17-47(23-49)27-7-12-30-31(21-27)40(55)50(39(30)54)32-13-14-33(52)45-38(32)53/h1-12,17-18,21-22,26,32H,13-16,19-20,23H2,(H2,42,43,44)(H,45,52,53). The minimum atomic E-state index is -1.03. The highest BCUT2D eigenvalue weighted by Crippen LogP contribution is 2.36. The molecule has 2 aromatic heterocycles. The van der Waals surface area contributed by atoms with Crippen LogP contribution in [0.25, 0.3) is 22.3 Å². The summed E-state index contributed by atoms with van der Waals surface area (Å²) >= 11 is 0. The molecule has 1 atom stereocenters. The number of hydrogen-bond acceptors (Lipinski definition) is 12. The van der Waals surface area contributed by atoms with Crippen LogP contribution in [0.3, 0.4) is 0 Å². The number of amides is 4. The average molecular weight is 755 g/mol. The summed E-state index contributed by atoms with van der Waals surface area (Å²) in [5.74, 6) is -1.03. The molecule has 3 aromatic carbocycles. The molecule has 15 nitrogen and oxygen atoms in total. The van der Waals surface area contributed by atoms with Gasteiger partial charge in [-0.25, -0.2) is 24.0 Å². The topological polar surface area (TPSA) is 172 Å². The number of allylic oxidation sites excluding steroid dienone is 2. The van der Waals surface area contributed by atoms with Crippen LogP contribution in [0.1, 0.15) is 52.4 Å². The first kappa shape index (κ1) is 34.8. The van der Waals surface area contributed by atoms with Gasteiger partial charge in [0, 0.05) is 43.2 Å². The molecule has 0 spiro atoms. The minimum Gasteiger partial charge on any atom is -0.457 e. The molecule has 1 unspecified atom stereocenters. The van der Waals surface area contributed by atoms with E-state index < -0.39 is 29.7 Å². The fourth-order valence-corrected chi connectivity index (χ4v) is 7.67. The molecule has 4 aliphatic rings. The van der Waals surface area contributed by atoms with Crippen LogP contribution < -0.4 is 20.7 Å². The first-order chi connectivity index (χ1) is 27.2. The third kappa shape index (κ3) is 6.28. The number of rotatable bonds is 7. The van der Waals surface area contributed by atoms with E-state index in [1.165, 1.54) is 18.5 Å². The molecule has 6 heterocycles. The van der Waals surface area contributed by atoms with E-state index in [-0.39, 0.29) is 35.8 Å². The van der Waals surface area contributed by atoms with E-state index in [1.807, 2.05) is 58.4 Å². The number of benzene rings is 3. The van der Waals surface area contributed by atoms with E-state index in [0.717, 1.165) is 23.3 Å². The number of piperidine rings is 2. The van der Waals surface area contributed by atoms with Crippen molar-refractivity contribution in [2.24, 2.45) is 0 Å². The molecule has 0 radical (unpaired) electrons. The largest absolute Gasteiger partial charge is 0.457 e. The number of anilines is 2. The molecular weight excluding hydrogens is 720 g/mol. The normalized spacial score (nSPS) is 19.2. The third-order valence-corrected chi connectivity index (χ3v) is 10.5. The van der Waals surface area contributed by atoms with E-state index >= 15 is 0 Å². The molecule has 5 aromatic rings. The van der Waals surface area contributed by atoms with Crippen LogP contribution in [-0.2, 0) is 9.59 Å². The summed E-state index contributed by atoms with van der Waals surface area (Å²) in [6.07, 6.45) is 10.9. The van der Waals surface area contributed by atoms with Gasteiger partial charge in [-0.2, -0.15) is 5.10 Å². The van der Waals surface area contributed by atoms with Crippen molar-refractivity contribution in [3.8, 4) is 22.8 Å². The van der Waals surface area contributed by atoms with Gasteiger partial charge < -0.3 is 15.4 Å². The quantitative estimate of drug-likeness (QED) is 0.219. The Hall–Kier alpha value is -6.94. The van der Waals surface area contributed by atoms with Gasteiger partial charge in [0.1, 0.15) is 47.9 Å². The van der Waals surface area contributed by atoms with E-state index in [1.54, 1.807) is 30.3 Å². The number of imide groups is 2. The van der Waals surface area contributed by atoms with Crippen molar-refractivity contribution in [1.82, 2.24) is 40.0 Å². The highest BCUT2D eigenvalue weighted by Gasteiger charge is 2.45. The molecule has 2 fully saturated rings. The molecule has 2 saturated heterocycles. The summed E-state index contributed by atoms with van der Waals surface area (Å²) in [4.78, 5) is 62.8. The maximum Gasteiger partial charge on any atom is 0.262 e. The second-order valence-corrected chi connectivity index (χ2v) is 13.9. The lowest BCUT2D eigenvalue weighted by Gasteiger charge is -2.40. The molecule has 4 amide bonds. The second kappa shape index (κ2) is 14.0. The lowest BCUT2D eigenvalue weighted by Crippen LogP contribution is -2.54. The van der Waals surface area contributed by atoms with Crippen LogP contribution in [-0.4, -0.2) is 84.1 Å². The van der Waals surface area contributed by atoms with Gasteiger partial charge in [-0.15, -0.1) is 0 Å². The van der Waals surface area contributed by atoms with Gasteiger partial charge >= 0.3 is 0 Å². The van der Waals surface area contributed by atoms with Crippen LogP contribution >= 0.6 is 0 Å². The van der Waals surface area contributed by atoms with Crippen molar-refractivity contribution < 1.29 is 28.3 Å². The summed E-state index contributed by atoms with van der Waals surface area (Å²) in [5, 5.41) is 12.3. The molecule has 9 rings (SSSR count). The molecule has 0 bridgehead atoms. The van der Waals surface area contributed by atoms with Gasteiger partial charge in [-0.3, -0.25) is 34.4 Å². The van der Waals surface area contributed by atoms with Crippen molar-refractivity contribution in [2.45, 2.75) is 37.8 Å². The first-order valence-corrected chi connectivity index (χ1v) is 18.2. The van der Waals surface area contributed by atoms with Crippen molar-refractivity contribution in [3.05, 3.63) is 115 Å². The van der Waals surface area contributed by atoms with Crippen LogP contribution in [0, 0.1) is 5.82 Å². The molecule has 16 heteroatoms. The predicted octanol–water partition coefficient (Wildman–Crippen LogP) is 4.77. The fourth-order valence-electron chi connectivity index (χ4n) is 7.67. The number of nitrogens with zero attached hydrogens (tertiary/aromatic N) is 8. The van der Waals surface area contributed by atoms with Crippen molar-refractivity contribution in [3.63, 3.8) is 0 Å². The molecule has 0 aliphatic carbocycles. The number of halogens is 1. The van der Waals surface area contributed by atoms with Crippen LogP contribution in [0.5, 0.6) is 11.5 Å². The second-order valence-electron chi connectivity index (χ2n) is 13.9. The molecule has 56 heavy (non-hydrogen) atoms. The van der Waals surface area contributed by atoms with Gasteiger partial charge in [0.2, 0.25) is 11.8 Å². The number of nitrogen functional groups attached to an aromatic ring is 1. The molecular formula is C40H35FN10O5. The van der Waals surface area contributed by atoms with E-state index in [4.69, 9.17) is 15.6 Å². The molecule has 282 valence electrons. The van der Waals surface area contributed by atoms with Crippen LogP contribution in [0.4, 0.5) is 15.9 Å². The summed E-state index contributed by atoms with van der Waals surface area (Å²) in [6, 6.07) is 17.4. The van der Waals surface area contributed by atoms with Gasteiger partial charge in [0.05, 0.1) is 22.6 Å². The Morgan fingerprint density at radius 3 is 2.29 bits per heavy atom. The number of ether oxygens (including phenoxy) is 1. The van der Waals surface area contributed by atoms with E-state index in [2.05, 4.69) is 25.3 Å². The maximum absolute atomic E-state index is 13.5. The summed E-state index contributed by atoms with van der Waals surface area (Å²) < 4.78 is 21.2. The van der Waals surface area contributed by atoms with E-state index in [0.29, 0.717) is 59.5 Å². The Morgan fingerprint density at radius 1 is 0.821 bits per heavy atom. The van der Waals surface area contributed by atoms with Gasteiger partial charge in [0.15, 0.2) is 5.65 Å². The molecule has 4 aliphatic heterocycles. The zero-order valence-corrected chi connectivity index (χ0v) is 29.9. The average Bonchev–Trinajstić information content (AvgIpc) is 3.58. The Balaban J connectivity index is 0.891. The number of hydrogen-bond donors (Lipinski definition) is 2. The Bertz CT molecular complexity index is 2460. The van der Waals surface area contributed by atoms with Crippen LogP contribution in [0.2, 0.25) is 0 Å². The lowest BCUT2D eigenvalue weighted by atomic mass is 10.0. The monoisotopic (exact) mass is 754 g/mol. The molecule has 3 N–H and O–H groups in total. The van der Waals surface area contributed by atoms with Crippen molar-refractivity contribution >= 4 is 46.2 Å². The highest BCUT2D eigenvalue weighted by molar-refractivity contribution is 6.23. The van der Waals surface area contributed by atoms with Crippen molar-refractivity contribution in [1.29, 1.82) is 0 Å². The zero-order valence-electron chi connectivity index (χ0n) is 29.9. The first-order valence-electron chi connectivity index (χ1n) is 18.2. The fraction of sp³-hybridized carbons (Fsp3) is 0.225. The minimum absolute atomic E-state index is 0.0376. The number of aromatic nitrogens is 4. The predicted molar refractivity (Wildman–Crippen MR) is 202 cm³/mol. The number of carbonyl (C=O) groups is 4. The highest BCUT2D eigenvalue weighted by atomic mass is 19.1. The maximum atomic E-state index is 13.5. The van der Waals surface area contributed by atoms with Crippen molar-refractivity contribution in [2.75, 3.05) is 30.4 Å². The Morgan fingerprint density at radius 2 is 1.54 bits per heavy atom. The summed E-state index contributed by atoms with van der Waals surface area (Å²) in [5.41, 5.74) is 9.72. The number of nitrogens with one attached hydrogen (secondary N) is 1. The zero-order chi connectivity index (χ0) is 38.5. The number of nitrogens with two attached hydrogens (primary N) is 1. The summed E-state index contributed by atoms with van der Waals surface area (Å²) in [6.45, 7) is 1.87. The van der Waals surface area contributed by atoms with E-state index in [9.17, 15) is 23.6 Å². The number of carbonyl (C=O) groups excluding carboxylic acids is 4. The van der Waals surface area contributed by atoms with Gasteiger partial charge in [0.25, 0.3) is 11.8 Å². The lowest BCUT2D eigenvalue weighted by molar-refractivity contribution is -0.136. The summed E-state index contributed by atoms with van der Waals surface area (Å²) in [7, 11) is 0. The molecule has 0 saturated carbocycles. The Kier molecular flexibility index (Phi) is 8.73. The number of fused-ring (bicyclic) bond motifs is 2. The smallest absolute Gasteiger partial charge is 0.262 e. The SMILES string of the molecule is Nc1ncnc2c1c(-c1ccc(Oc3ccc(F)cc3)cc1)nn2C1CCN(N2C=CC=CN(c3ccc4c(c3)C(=O)N(C3CCC(=O)NC3=O)C4=O)C2)CC1. The van der Waals surface area contributed by atoms with Gasteiger partial charge in [-0.05, 0) is 98.1 Å². The van der Waals surface area contributed by atoms with Gasteiger partial charge in [-0.1, -0.05) is 0 Å². The Labute approximate surface area is 319 Å².